The molecule has 0 spiro atoms. The maximum atomic E-state index is 11.5. The third kappa shape index (κ3) is 10.4. The highest BCUT2D eigenvalue weighted by molar-refractivity contribution is 7.17. The molecule has 0 aliphatic rings. The van der Waals surface area contributed by atoms with Gasteiger partial charge in [0.25, 0.3) is 0 Å². The van der Waals surface area contributed by atoms with Crippen LogP contribution in [0.4, 0.5) is 22.1 Å². The number of ketones is 1. The summed E-state index contributed by atoms with van der Waals surface area (Å²) in [5.74, 6) is -0.779. The van der Waals surface area contributed by atoms with Crippen LogP contribution < -0.4 is 4.90 Å². The lowest BCUT2D eigenvalue weighted by Gasteiger charge is -2.25. The van der Waals surface area contributed by atoms with Crippen LogP contribution in [0, 0.1) is 31.8 Å². The standard InChI is InChI=1S/C29H35N5O4S/c1-6-7-8-9-14-34(15-16-37-17-18-38-27(36)13-10-22(3)35)24-11-12-25(21(2)19-24)32-33-29-28(31-5)23(4)26(20-30)39-29/h10-13,19H,6-9,14-18H2,1-4H3/b13-10-,33-32?. The van der Waals surface area contributed by atoms with Gasteiger partial charge in [0.15, 0.2) is 5.78 Å². The fourth-order valence-electron chi connectivity index (χ4n) is 3.65. The zero-order chi connectivity index (χ0) is 28.6. The van der Waals surface area contributed by atoms with E-state index in [0.717, 1.165) is 43.1 Å². The number of nitrogens with zero attached hydrogens (tertiary/aromatic N) is 5. The normalized spacial score (nSPS) is 11.0. The van der Waals surface area contributed by atoms with Gasteiger partial charge in [-0.2, -0.15) is 15.5 Å². The van der Waals surface area contributed by atoms with Crippen molar-refractivity contribution in [3.05, 3.63) is 57.8 Å². The van der Waals surface area contributed by atoms with Gasteiger partial charge >= 0.3 is 5.97 Å². The lowest BCUT2D eigenvalue weighted by atomic mass is 10.1. The number of ether oxygens (including phenoxy) is 2. The highest BCUT2D eigenvalue weighted by Crippen LogP contribution is 2.42. The van der Waals surface area contributed by atoms with Crippen LogP contribution in [0.15, 0.2) is 40.6 Å². The maximum absolute atomic E-state index is 11.5. The summed E-state index contributed by atoms with van der Waals surface area (Å²) >= 11 is 1.17. The Kier molecular flexibility index (Phi) is 13.6. The molecule has 9 nitrogen and oxygen atoms in total. The Hall–Kier alpha value is -3.86. The zero-order valence-electron chi connectivity index (χ0n) is 23.0. The number of allylic oxidation sites excluding steroid dienone is 1. The molecule has 2 aromatic rings. The number of hydrogen-bond donors (Lipinski definition) is 0. The van der Waals surface area contributed by atoms with Crippen LogP contribution in [-0.2, 0) is 19.1 Å². The van der Waals surface area contributed by atoms with Crippen LogP contribution in [0.3, 0.4) is 0 Å². The van der Waals surface area contributed by atoms with Crippen molar-refractivity contribution >= 4 is 45.2 Å². The average molecular weight is 550 g/mol. The van der Waals surface area contributed by atoms with E-state index in [1.54, 1.807) is 6.92 Å². The Morgan fingerprint density at radius 2 is 1.92 bits per heavy atom. The van der Waals surface area contributed by atoms with Crippen molar-refractivity contribution in [3.63, 3.8) is 0 Å². The molecule has 1 aromatic heterocycles. The van der Waals surface area contributed by atoms with Crippen LogP contribution in [-0.4, -0.2) is 44.7 Å². The van der Waals surface area contributed by atoms with E-state index in [9.17, 15) is 14.9 Å². The summed E-state index contributed by atoms with van der Waals surface area (Å²) in [6, 6.07) is 8.08. The Balaban J connectivity index is 2.02. The van der Waals surface area contributed by atoms with Crippen molar-refractivity contribution in [2.45, 2.75) is 53.4 Å². The van der Waals surface area contributed by atoms with Crippen LogP contribution in [0.5, 0.6) is 0 Å². The Morgan fingerprint density at radius 1 is 1.13 bits per heavy atom. The first-order valence-corrected chi connectivity index (χ1v) is 13.7. The smallest absolute Gasteiger partial charge is 0.330 e. The summed E-state index contributed by atoms with van der Waals surface area (Å²) in [5.41, 5.74) is 3.70. The van der Waals surface area contributed by atoms with Crippen molar-refractivity contribution < 1.29 is 19.1 Å². The first-order valence-electron chi connectivity index (χ1n) is 12.9. The number of esters is 1. The zero-order valence-corrected chi connectivity index (χ0v) is 23.8. The number of aryl methyl sites for hydroxylation is 1. The van der Waals surface area contributed by atoms with Crippen LogP contribution in [0.2, 0.25) is 0 Å². The molecule has 0 N–H and O–H groups in total. The van der Waals surface area contributed by atoms with E-state index < -0.39 is 5.97 Å². The van der Waals surface area contributed by atoms with Gasteiger partial charge in [-0.1, -0.05) is 26.2 Å². The topological polar surface area (TPSA) is 109 Å². The molecule has 10 heteroatoms. The first kappa shape index (κ1) is 31.4. The number of benzene rings is 1. The van der Waals surface area contributed by atoms with Gasteiger partial charge in [-0.15, -0.1) is 11.3 Å². The maximum Gasteiger partial charge on any atom is 0.330 e. The molecule has 0 saturated heterocycles. The van der Waals surface area contributed by atoms with E-state index in [1.165, 1.54) is 30.8 Å². The molecular formula is C29H35N5O4S. The van der Waals surface area contributed by atoms with Crippen molar-refractivity contribution in [1.29, 1.82) is 5.26 Å². The number of thiophene rings is 1. The van der Waals surface area contributed by atoms with Crippen molar-refractivity contribution in [3.8, 4) is 6.07 Å². The number of nitriles is 1. The highest BCUT2D eigenvalue weighted by Gasteiger charge is 2.15. The summed E-state index contributed by atoms with van der Waals surface area (Å²) in [7, 11) is 0. The van der Waals surface area contributed by atoms with Crippen molar-refractivity contribution in [1.82, 2.24) is 0 Å². The second kappa shape index (κ2) is 16.9. The first-order chi connectivity index (χ1) is 18.8. The number of azo groups is 1. The molecule has 0 fully saturated rings. The minimum atomic E-state index is -0.566. The second-order valence-corrected chi connectivity index (χ2v) is 9.87. The van der Waals surface area contributed by atoms with Gasteiger partial charge < -0.3 is 14.4 Å². The molecule has 0 amide bonds. The molecule has 0 radical (unpaired) electrons. The van der Waals surface area contributed by atoms with Crippen molar-refractivity contribution in [2.75, 3.05) is 37.8 Å². The van der Waals surface area contributed by atoms with Gasteiger partial charge in [-0.05, 0) is 62.6 Å². The summed E-state index contributed by atoms with van der Waals surface area (Å²) < 4.78 is 10.7. The molecule has 0 aliphatic carbocycles. The van der Waals surface area contributed by atoms with E-state index in [-0.39, 0.29) is 19.0 Å². The third-order valence-electron chi connectivity index (χ3n) is 5.82. The molecule has 206 valence electrons. The van der Waals surface area contributed by atoms with Crippen LogP contribution in [0.1, 0.15) is 55.5 Å². The molecule has 39 heavy (non-hydrogen) atoms. The molecule has 2 rings (SSSR count). The lowest BCUT2D eigenvalue weighted by molar-refractivity contribution is -0.139. The molecule has 0 atom stereocenters. The molecule has 0 bridgehead atoms. The van der Waals surface area contributed by atoms with E-state index in [1.807, 2.05) is 19.1 Å². The molecule has 1 heterocycles. The minimum Gasteiger partial charge on any atom is -0.460 e. The number of hydrogen-bond acceptors (Lipinski definition) is 9. The highest BCUT2D eigenvalue weighted by atomic mass is 32.1. The SMILES string of the molecule is [C-]#[N+]c1c(N=Nc2ccc(N(CCCCCC)CCOCCOC(=O)/C=C\C(C)=O)cc2C)sc(C#N)c1C. The predicted octanol–water partition coefficient (Wildman–Crippen LogP) is 7.29. The fraction of sp³-hybridized carbons (Fsp3) is 0.448. The molecule has 1 aromatic carbocycles. The van der Waals surface area contributed by atoms with E-state index in [2.05, 4.69) is 39.0 Å². The number of rotatable bonds is 16. The number of carbonyl (C=O) groups is 2. The van der Waals surface area contributed by atoms with Gasteiger partial charge in [0.2, 0.25) is 5.69 Å². The summed E-state index contributed by atoms with van der Waals surface area (Å²) in [6.07, 6.45) is 6.85. The van der Waals surface area contributed by atoms with Gasteiger partial charge in [0.1, 0.15) is 17.7 Å². The van der Waals surface area contributed by atoms with Gasteiger partial charge in [-0.3, -0.25) is 4.79 Å². The Morgan fingerprint density at radius 3 is 2.59 bits per heavy atom. The fourth-order valence-corrected chi connectivity index (χ4v) is 4.52. The number of carbonyl (C=O) groups excluding carboxylic acids is 2. The number of unbranched alkanes of at least 4 members (excludes halogenated alkanes) is 3. The second-order valence-electron chi connectivity index (χ2n) is 8.88. The third-order valence-corrected chi connectivity index (χ3v) is 6.89. The molecule has 0 saturated carbocycles. The summed E-state index contributed by atoms with van der Waals surface area (Å²) in [4.78, 5) is 28.7. The Labute approximate surface area is 234 Å². The monoisotopic (exact) mass is 549 g/mol. The van der Waals surface area contributed by atoms with E-state index >= 15 is 0 Å². The molecule has 0 aliphatic heterocycles. The predicted molar refractivity (Wildman–Crippen MR) is 153 cm³/mol. The van der Waals surface area contributed by atoms with E-state index in [4.69, 9.17) is 16.0 Å². The quantitative estimate of drug-likeness (QED) is 0.0715. The summed E-state index contributed by atoms with van der Waals surface area (Å²) in [6.45, 7) is 17.1. The van der Waals surface area contributed by atoms with Crippen LogP contribution >= 0.6 is 11.3 Å². The molecule has 0 unspecified atom stereocenters. The average Bonchev–Trinajstić information content (AvgIpc) is 3.23. The van der Waals surface area contributed by atoms with Gasteiger partial charge in [0, 0.05) is 24.9 Å². The van der Waals surface area contributed by atoms with Crippen LogP contribution in [0.25, 0.3) is 4.85 Å². The minimum absolute atomic E-state index is 0.116. The molecular weight excluding hydrogens is 514 g/mol. The summed E-state index contributed by atoms with van der Waals surface area (Å²) in [5, 5.41) is 18.3. The lowest BCUT2D eigenvalue weighted by Crippen LogP contribution is -2.29. The number of anilines is 1. The van der Waals surface area contributed by atoms with Gasteiger partial charge in [-0.25, -0.2) is 9.64 Å². The largest absolute Gasteiger partial charge is 0.460 e. The van der Waals surface area contributed by atoms with E-state index in [0.29, 0.717) is 40.0 Å². The Bertz CT molecular complexity index is 1270. The van der Waals surface area contributed by atoms with Gasteiger partial charge in [0.05, 0.1) is 30.4 Å². The van der Waals surface area contributed by atoms with Crippen molar-refractivity contribution in [2.24, 2.45) is 10.2 Å².